The van der Waals surface area contributed by atoms with E-state index >= 15 is 0 Å². The zero-order valence-corrected chi connectivity index (χ0v) is 16.9. The van der Waals surface area contributed by atoms with Gasteiger partial charge in [0.15, 0.2) is 4.67 Å². The Hall–Kier alpha value is -2.77. The number of anilines is 2. The van der Waals surface area contributed by atoms with Gasteiger partial charge in [0.2, 0.25) is 5.13 Å². The van der Waals surface area contributed by atoms with E-state index in [2.05, 4.69) is 49.5 Å². The fourth-order valence-corrected chi connectivity index (χ4v) is 3.73. The number of nitrogens with one attached hydrogen (secondary N) is 2. The molecule has 0 unspecified atom stereocenters. The number of nitrogens with zero attached hydrogens (tertiary/aromatic N) is 4. The number of benzene rings is 2. The first-order valence-corrected chi connectivity index (χ1v) is 10.2. The molecule has 4 rings (SSSR count). The summed E-state index contributed by atoms with van der Waals surface area (Å²) in [6, 6.07) is 15.8. The predicted octanol–water partition coefficient (Wildman–Crippen LogP) is 4.58. The topological polar surface area (TPSA) is 74.6 Å². The van der Waals surface area contributed by atoms with Crippen molar-refractivity contribution < 1.29 is 0 Å². The number of rotatable bonds is 4. The van der Waals surface area contributed by atoms with Crippen LogP contribution in [0.5, 0.6) is 0 Å². The normalized spacial score (nSPS) is 15.4. The summed E-state index contributed by atoms with van der Waals surface area (Å²) in [5.74, 6) is 0. The molecule has 0 radical (unpaired) electrons. The smallest absolute Gasteiger partial charge is 0.226 e. The molecule has 0 aliphatic heterocycles. The molecule has 1 aliphatic carbocycles. The zero-order valence-electron chi connectivity index (χ0n) is 15.3. The van der Waals surface area contributed by atoms with Crippen molar-refractivity contribution in [3.8, 4) is 0 Å². The Bertz CT molecular complexity index is 1070. The number of aromatic nitrogens is 2. The second kappa shape index (κ2) is 8.50. The van der Waals surface area contributed by atoms with Crippen molar-refractivity contribution in [3.05, 3.63) is 75.0 Å². The first-order valence-electron chi connectivity index (χ1n) is 8.99. The van der Waals surface area contributed by atoms with Crippen LogP contribution in [0, 0.1) is 6.92 Å². The number of hydrogen-bond acceptors (Lipinski definition) is 7. The lowest BCUT2D eigenvalue weighted by atomic mass is 9.90. The van der Waals surface area contributed by atoms with Gasteiger partial charge in [0.1, 0.15) is 0 Å². The average molecular weight is 411 g/mol. The van der Waals surface area contributed by atoms with Crippen molar-refractivity contribution >= 4 is 39.5 Å². The van der Waals surface area contributed by atoms with Gasteiger partial charge in [0.25, 0.3) is 0 Å². The van der Waals surface area contributed by atoms with Gasteiger partial charge in [-0.1, -0.05) is 47.2 Å². The fraction of sp³-hybridized carbons (Fsp3) is 0.200. The van der Waals surface area contributed by atoms with Crippen molar-refractivity contribution in [1.29, 1.82) is 0 Å². The molecule has 2 aromatic carbocycles. The van der Waals surface area contributed by atoms with Gasteiger partial charge in [-0.3, -0.25) is 10.9 Å². The Morgan fingerprint density at radius 2 is 1.79 bits per heavy atom. The fourth-order valence-electron chi connectivity index (χ4n) is 2.97. The van der Waals surface area contributed by atoms with E-state index in [4.69, 9.17) is 11.6 Å². The molecular formula is C20H19ClN6S. The number of hydrogen-bond donors (Lipinski definition) is 2. The van der Waals surface area contributed by atoms with Gasteiger partial charge in [-0.25, -0.2) is 0 Å². The van der Waals surface area contributed by atoms with Crippen molar-refractivity contribution in [2.45, 2.75) is 26.2 Å². The number of hydrazone groups is 1. The summed E-state index contributed by atoms with van der Waals surface area (Å²) in [5, 5.41) is 18.7. The van der Waals surface area contributed by atoms with E-state index < -0.39 is 0 Å². The molecule has 142 valence electrons. The highest BCUT2D eigenvalue weighted by atomic mass is 35.5. The summed E-state index contributed by atoms with van der Waals surface area (Å²) in [6.07, 6.45) is 3.15. The van der Waals surface area contributed by atoms with Crippen molar-refractivity contribution in [1.82, 2.24) is 10.2 Å². The number of fused-ring (bicyclic) bond motifs is 1. The predicted molar refractivity (Wildman–Crippen MR) is 115 cm³/mol. The van der Waals surface area contributed by atoms with E-state index in [0.29, 0.717) is 10.2 Å². The third-order valence-corrected chi connectivity index (χ3v) is 5.60. The monoisotopic (exact) mass is 410 g/mol. The molecule has 1 aliphatic rings. The molecule has 1 heterocycles. The van der Waals surface area contributed by atoms with Crippen LogP contribution in [0.4, 0.5) is 10.8 Å². The van der Waals surface area contributed by atoms with Gasteiger partial charge < -0.3 is 0 Å². The quantitative estimate of drug-likeness (QED) is 0.617. The molecule has 0 spiro atoms. The highest BCUT2D eigenvalue weighted by Gasteiger charge is 2.14. The molecule has 3 aromatic rings. The van der Waals surface area contributed by atoms with E-state index in [1.54, 1.807) is 0 Å². The maximum absolute atomic E-state index is 5.91. The van der Waals surface area contributed by atoms with Gasteiger partial charge in [0, 0.05) is 10.6 Å². The Morgan fingerprint density at radius 3 is 2.64 bits per heavy atom. The number of halogens is 1. The maximum atomic E-state index is 5.91. The second-order valence-electron chi connectivity index (χ2n) is 6.41. The maximum Gasteiger partial charge on any atom is 0.226 e. The molecule has 0 saturated carbocycles. The summed E-state index contributed by atoms with van der Waals surface area (Å²) in [7, 11) is 0. The zero-order chi connectivity index (χ0) is 19.3. The minimum Gasteiger partial charge on any atom is -0.277 e. The van der Waals surface area contributed by atoms with Gasteiger partial charge in [-0.05, 0) is 56.0 Å². The molecule has 0 saturated heterocycles. The van der Waals surface area contributed by atoms with Crippen LogP contribution < -0.4 is 15.5 Å². The minimum absolute atomic E-state index is 0.595. The SMILES string of the molecule is Cc1nnc(N/N=C2\CCCc3ccccc32)s/c1=N\Nc1ccc(Cl)cc1. The molecule has 6 nitrogen and oxygen atoms in total. The first kappa shape index (κ1) is 18.6. The van der Waals surface area contributed by atoms with Crippen LogP contribution >= 0.6 is 22.9 Å². The molecule has 0 amide bonds. The molecule has 2 N–H and O–H groups in total. The Kier molecular flexibility index (Phi) is 5.64. The lowest BCUT2D eigenvalue weighted by Gasteiger charge is -2.17. The first-order chi connectivity index (χ1) is 13.7. The van der Waals surface area contributed by atoms with Crippen LogP contribution in [0.15, 0.2) is 58.7 Å². The second-order valence-corrected chi connectivity index (χ2v) is 7.82. The van der Waals surface area contributed by atoms with Crippen molar-refractivity contribution in [2.24, 2.45) is 10.2 Å². The summed E-state index contributed by atoms with van der Waals surface area (Å²) < 4.78 is 0.733. The van der Waals surface area contributed by atoms with E-state index in [-0.39, 0.29) is 0 Å². The standard InChI is InChI=1S/C20H19ClN6S/c1-13-19(25-23-16-11-9-15(21)10-12-16)28-20(26-22-13)27-24-18-8-4-6-14-5-2-3-7-17(14)18/h2-3,5,7,9-12,23H,4,6,8H2,1H3,(H,26,27)/b24-18+,25-19-. The third-order valence-electron chi connectivity index (χ3n) is 4.40. The van der Waals surface area contributed by atoms with Crippen LogP contribution in [0.25, 0.3) is 0 Å². The largest absolute Gasteiger partial charge is 0.277 e. The lowest BCUT2D eigenvalue weighted by molar-refractivity contribution is 0.836. The minimum atomic E-state index is 0.595. The van der Waals surface area contributed by atoms with Crippen LogP contribution in [-0.2, 0) is 6.42 Å². The van der Waals surface area contributed by atoms with Crippen molar-refractivity contribution in [3.63, 3.8) is 0 Å². The van der Waals surface area contributed by atoms with Gasteiger partial charge in [0.05, 0.1) is 17.1 Å². The van der Waals surface area contributed by atoms with E-state index in [9.17, 15) is 0 Å². The molecule has 1 aromatic heterocycles. The van der Waals surface area contributed by atoms with Crippen LogP contribution in [-0.4, -0.2) is 15.9 Å². The van der Waals surface area contributed by atoms with Crippen molar-refractivity contribution in [2.75, 3.05) is 10.9 Å². The third kappa shape index (κ3) is 4.37. The lowest BCUT2D eigenvalue weighted by Crippen LogP contribution is -2.14. The van der Waals surface area contributed by atoms with Crippen LogP contribution in [0.1, 0.15) is 29.7 Å². The van der Waals surface area contributed by atoms with Crippen LogP contribution in [0.3, 0.4) is 0 Å². The van der Waals surface area contributed by atoms with Gasteiger partial charge >= 0.3 is 0 Å². The highest BCUT2D eigenvalue weighted by Crippen LogP contribution is 2.21. The molecule has 0 atom stereocenters. The van der Waals surface area contributed by atoms with E-state index in [1.165, 1.54) is 22.5 Å². The summed E-state index contributed by atoms with van der Waals surface area (Å²) in [5.41, 5.74) is 11.3. The summed E-state index contributed by atoms with van der Waals surface area (Å²) >= 11 is 7.30. The van der Waals surface area contributed by atoms with Gasteiger partial charge in [-0.2, -0.15) is 10.2 Å². The Balaban J connectivity index is 1.54. The molecule has 8 heteroatoms. The molecular weight excluding hydrogens is 392 g/mol. The van der Waals surface area contributed by atoms with Crippen LogP contribution in [0.2, 0.25) is 5.02 Å². The van der Waals surface area contributed by atoms with Gasteiger partial charge in [-0.15, -0.1) is 10.2 Å². The summed E-state index contributed by atoms with van der Waals surface area (Å²) in [4.78, 5) is 0. The molecule has 0 fully saturated rings. The average Bonchev–Trinajstić information content (AvgIpc) is 2.73. The summed E-state index contributed by atoms with van der Waals surface area (Å²) in [6.45, 7) is 1.87. The molecule has 0 bridgehead atoms. The Morgan fingerprint density at radius 1 is 0.964 bits per heavy atom. The Labute approximate surface area is 172 Å². The highest BCUT2D eigenvalue weighted by molar-refractivity contribution is 7.12. The van der Waals surface area contributed by atoms with E-state index in [1.807, 2.05) is 37.3 Å². The number of aryl methyl sites for hydroxylation is 2. The van der Waals surface area contributed by atoms with E-state index in [0.717, 1.165) is 41.0 Å². The molecule has 28 heavy (non-hydrogen) atoms.